The fraction of sp³-hybridized carbons (Fsp3) is 0.533. The maximum Gasteiger partial charge on any atom is 0.306 e. The number of carbonyl (C=O) groups is 1. The topological polar surface area (TPSA) is 55.6 Å². The smallest absolute Gasteiger partial charge is 0.306 e. The molecular weight excluding hydrogens is 240 g/mol. The van der Waals surface area contributed by atoms with Crippen molar-refractivity contribution < 1.29 is 9.53 Å². The number of nitrogens with two attached hydrogens (primary N) is 1. The summed E-state index contributed by atoms with van der Waals surface area (Å²) in [5.74, 6) is -0.169. The quantitative estimate of drug-likeness (QED) is 0.729. The van der Waals surface area contributed by atoms with Crippen LogP contribution in [-0.4, -0.2) is 37.6 Å². The summed E-state index contributed by atoms with van der Waals surface area (Å²) < 4.78 is 4.70. The molecule has 0 saturated heterocycles. The second kappa shape index (κ2) is 8.67. The summed E-state index contributed by atoms with van der Waals surface area (Å²) in [6, 6.07) is 10.6. The lowest BCUT2D eigenvalue weighted by Gasteiger charge is -2.30. The van der Waals surface area contributed by atoms with Crippen LogP contribution in [0, 0.1) is 0 Å². The van der Waals surface area contributed by atoms with E-state index < -0.39 is 0 Å². The summed E-state index contributed by atoms with van der Waals surface area (Å²) in [5.41, 5.74) is 6.97. The number of esters is 1. The van der Waals surface area contributed by atoms with Gasteiger partial charge >= 0.3 is 5.97 Å². The third-order valence-corrected chi connectivity index (χ3v) is 3.30. The summed E-state index contributed by atoms with van der Waals surface area (Å²) in [6.07, 6.45) is 1.30. The zero-order valence-corrected chi connectivity index (χ0v) is 11.8. The van der Waals surface area contributed by atoms with Crippen LogP contribution in [0.1, 0.15) is 31.4 Å². The van der Waals surface area contributed by atoms with Crippen LogP contribution in [0.5, 0.6) is 0 Å². The molecule has 0 fully saturated rings. The van der Waals surface area contributed by atoms with Crippen LogP contribution >= 0.6 is 0 Å². The third-order valence-electron chi connectivity index (χ3n) is 3.30. The van der Waals surface area contributed by atoms with E-state index in [4.69, 9.17) is 10.5 Å². The maximum atomic E-state index is 11.3. The lowest BCUT2D eigenvalue weighted by atomic mass is 10.0. The van der Waals surface area contributed by atoms with E-state index in [1.54, 1.807) is 0 Å². The molecule has 0 radical (unpaired) electrons. The molecule has 1 aromatic rings. The van der Waals surface area contributed by atoms with Crippen LogP contribution in [0.25, 0.3) is 0 Å². The Bertz CT molecular complexity index is 368. The minimum atomic E-state index is -0.169. The van der Waals surface area contributed by atoms with Gasteiger partial charge in [-0.15, -0.1) is 0 Å². The molecule has 0 saturated carbocycles. The summed E-state index contributed by atoms with van der Waals surface area (Å²) in [7, 11) is 1.42. The maximum absolute atomic E-state index is 11.3. The number of nitrogens with zero attached hydrogens (tertiary/aromatic N) is 1. The van der Waals surface area contributed by atoms with Gasteiger partial charge in [-0.05, 0) is 25.1 Å². The molecule has 19 heavy (non-hydrogen) atoms. The van der Waals surface area contributed by atoms with Crippen LogP contribution in [0.4, 0.5) is 0 Å². The monoisotopic (exact) mass is 264 g/mol. The van der Waals surface area contributed by atoms with Crippen molar-refractivity contribution in [1.29, 1.82) is 0 Å². The largest absolute Gasteiger partial charge is 0.469 e. The Morgan fingerprint density at radius 3 is 2.58 bits per heavy atom. The number of ether oxygens (including phenoxy) is 1. The second-order valence-electron chi connectivity index (χ2n) is 4.46. The Morgan fingerprint density at radius 2 is 2.05 bits per heavy atom. The highest BCUT2D eigenvalue weighted by molar-refractivity contribution is 5.69. The average molecular weight is 264 g/mol. The van der Waals surface area contributed by atoms with Crippen LogP contribution < -0.4 is 5.73 Å². The number of carbonyl (C=O) groups excluding carboxylic acids is 1. The third kappa shape index (κ3) is 5.01. The highest BCUT2D eigenvalue weighted by Crippen LogP contribution is 2.23. The van der Waals surface area contributed by atoms with Gasteiger partial charge in [0.15, 0.2) is 0 Å². The lowest BCUT2D eigenvalue weighted by Crippen LogP contribution is -2.32. The Morgan fingerprint density at radius 1 is 1.37 bits per heavy atom. The van der Waals surface area contributed by atoms with Gasteiger partial charge in [-0.1, -0.05) is 37.3 Å². The van der Waals surface area contributed by atoms with Gasteiger partial charge in [0.2, 0.25) is 0 Å². The van der Waals surface area contributed by atoms with E-state index in [0.717, 1.165) is 13.0 Å². The molecule has 106 valence electrons. The summed E-state index contributed by atoms with van der Waals surface area (Å²) in [5, 5.41) is 0. The van der Waals surface area contributed by atoms with E-state index in [0.29, 0.717) is 19.5 Å². The molecule has 1 unspecified atom stereocenters. The zero-order valence-electron chi connectivity index (χ0n) is 11.8. The minimum Gasteiger partial charge on any atom is -0.469 e. The van der Waals surface area contributed by atoms with E-state index in [2.05, 4.69) is 24.0 Å². The highest BCUT2D eigenvalue weighted by atomic mass is 16.5. The predicted molar refractivity (Wildman–Crippen MR) is 76.7 cm³/mol. The molecule has 2 N–H and O–H groups in total. The van der Waals surface area contributed by atoms with Gasteiger partial charge in [-0.25, -0.2) is 0 Å². The first kappa shape index (κ1) is 15.7. The molecule has 0 amide bonds. The Balaban J connectivity index is 2.74. The van der Waals surface area contributed by atoms with Crippen LogP contribution in [0.2, 0.25) is 0 Å². The normalized spacial score (nSPS) is 12.4. The van der Waals surface area contributed by atoms with Crippen molar-refractivity contribution in [2.45, 2.75) is 25.8 Å². The van der Waals surface area contributed by atoms with Crippen molar-refractivity contribution in [3.05, 3.63) is 35.9 Å². The SMILES string of the molecule is CCN(CCC(=O)OC)C(CCN)c1ccccc1. The zero-order chi connectivity index (χ0) is 14.1. The second-order valence-corrected chi connectivity index (χ2v) is 4.46. The number of hydrogen-bond donors (Lipinski definition) is 1. The molecular formula is C15H24N2O2. The predicted octanol–water partition coefficient (Wildman–Crippen LogP) is 1.96. The van der Waals surface area contributed by atoms with E-state index in [9.17, 15) is 4.79 Å². The molecule has 0 bridgehead atoms. The first-order chi connectivity index (χ1) is 9.22. The van der Waals surface area contributed by atoms with Gasteiger partial charge in [-0.3, -0.25) is 9.69 Å². The molecule has 0 aliphatic rings. The van der Waals surface area contributed by atoms with Crippen molar-refractivity contribution in [3.63, 3.8) is 0 Å². The minimum absolute atomic E-state index is 0.169. The number of benzene rings is 1. The number of hydrogen-bond acceptors (Lipinski definition) is 4. The first-order valence-electron chi connectivity index (χ1n) is 6.78. The van der Waals surface area contributed by atoms with Gasteiger partial charge in [0.25, 0.3) is 0 Å². The van der Waals surface area contributed by atoms with E-state index >= 15 is 0 Å². The molecule has 0 aromatic heterocycles. The molecule has 0 spiro atoms. The standard InChI is InChI=1S/C15H24N2O2/c1-3-17(12-10-15(18)19-2)14(9-11-16)13-7-5-4-6-8-13/h4-8,14H,3,9-12,16H2,1-2H3. The number of methoxy groups -OCH3 is 1. The van der Waals surface area contributed by atoms with E-state index in [-0.39, 0.29) is 12.0 Å². The highest BCUT2D eigenvalue weighted by Gasteiger charge is 2.19. The Hall–Kier alpha value is -1.39. The van der Waals surface area contributed by atoms with Crippen LogP contribution in [-0.2, 0) is 9.53 Å². The van der Waals surface area contributed by atoms with Gasteiger partial charge in [0.1, 0.15) is 0 Å². The molecule has 0 aliphatic heterocycles. The molecule has 0 aliphatic carbocycles. The first-order valence-corrected chi connectivity index (χ1v) is 6.78. The Labute approximate surface area is 115 Å². The fourth-order valence-corrected chi connectivity index (χ4v) is 2.26. The molecule has 1 aromatic carbocycles. The van der Waals surface area contributed by atoms with E-state index in [1.165, 1.54) is 12.7 Å². The van der Waals surface area contributed by atoms with Crippen LogP contribution in [0.3, 0.4) is 0 Å². The van der Waals surface area contributed by atoms with Gasteiger partial charge < -0.3 is 10.5 Å². The van der Waals surface area contributed by atoms with Gasteiger partial charge in [0.05, 0.1) is 13.5 Å². The van der Waals surface area contributed by atoms with Crippen molar-refractivity contribution in [1.82, 2.24) is 4.90 Å². The van der Waals surface area contributed by atoms with E-state index in [1.807, 2.05) is 18.2 Å². The molecule has 4 heteroatoms. The summed E-state index contributed by atoms with van der Waals surface area (Å²) in [6.45, 7) is 4.32. The van der Waals surface area contributed by atoms with Crippen molar-refractivity contribution in [2.24, 2.45) is 5.73 Å². The number of rotatable bonds is 8. The van der Waals surface area contributed by atoms with Crippen molar-refractivity contribution >= 4 is 5.97 Å². The fourth-order valence-electron chi connectivity index (χ4n) is 2.26. The van der Waals surface area contributed by atoms with Gasteiger partial charge in [-0.2, -0.15) is 0 Å². The molecule has 0 heterocycles. The lowest BCUT2D eigenvalue weighted by molar-refractivity contribution is -0.141. The molecule has 1 atom stereocenters. The Kier molecular flexibility index (Phi) is 7.15. The molecule has 1 rings (SSSR count). The summed E-state index contributed by atoms with van der Waals surface area (Å²) >= 11 is 0. The van der Waals surface area contributed by atoms with Crippen LogP contribution in [0.15, 0.2) is 30.3 Å². The molecule has 4 nitrogen and oxygen atoms in total. The summed E-state index contributed by atoms with van der Waals surface area (Å²) in [4.78, 5) is 13.6. The average Bonchev–Trinajstić information content (AvgIpc) is 2.47. The van der Waals surface area contributed by atoms with Crippen molar-refractivity contribution in [3.8, 4) is 0 Å². The van der Waals surface area contributed by atoms with Crippen molar-refractivity contribution in [2.75, 3.05) is 26.7 Å². The van der Waals surface area contributed by atoms with Gasteiger partial charge in [0, 0.05) is 12.6 Å².